The first-order valence-electron chi connectivity index (χ1n) is 11.4. The third-order valence-corrected chi connectivity index (χ3v) is 8.48. The molecule has 2 fully saturated rings. The first-order valence-corrected chi connectivity index (χ1v) is 11.4. The molecule has 2 saturated carbocycles. The number of aliphatic hydroxyl groups excluding tert-OH is 1. The van der Waals surface area contributed by atoms with Gasteiger partial charge in [-0.25, -0.2) is 0 Å². The number of hydrogen-bond acceptors (Lipinski definition) is 4. The zero-order valence-electron chi connectivity index (χ0n) is 18.0. The van der Waals surface area contributed by atoms with Crippen molar-refractivity contribution in [3.05, 3.63) is 59.2 Å². The summed E-state index contributed by atoms with van der Waals surface area (Å²) in [6.45, 7) is 2.90. The SMILES string of the molecule is COc1ccc2c(c1)CC[C@@H]1[C@@H]2CC[C@@]2(C)[C@@H](O)[C@H](NCc3ccccc3O)C[C@@H]12. The lowest BCUT2D eigenvalue weighted by molar-refractivity contribution is -0.0281. The van der Waals surface area contributed by atoms with Gasteiger partial charge in [0.1, 0.15) is 11.5 Å². The van der Waals surface area contributed by atoms with Gasteiger partial charge in [-0.3, -0.25) is 0 Å². The summed E-state index contributed by atoms with van der Waals surface area (Å²) in [7, 11) is 1.74. The van der Waals surface area contributed by atoms with Gasteiger partial charge in [0.2, 0.25) is 0 Å². The molecule has 0 aromatic heterocycles. The number of aromatic hydroxyl groups is 1. The van der Waals surface area contributed by atoms with E-state index in [1.165, 1.54) is 17.5 Å². The molecule has 4 heteroatoms. The van der Waals surface area contributed by atoms with Gasteiger partial charge in [0, 0.05) is 18.2 Å². The molecule has 4 nitrogen and oxygen atoms in total. The molecule has 0 radical (unpaired) electrons. The lowest BCUT2D eigenvalue weighted by Gasteiger charge is -2.50. The summed E-state index contributed by atoms with van der Waals surface area (Å²) in [5.74, 6) is 3.04. The third-order valence-electron chi connectivity index (χ3n) is 8.48. The smallest absolute Gasteiger partial charge is 0.120 e. The Morgan fingerprint density at radius 3 is 2.80 bits per heavy atom. The van der Waals surface area contributed by atoms with Crippen molar-refractivity contribution < 1.29 is 14.9 Å². The Labute approximate surface area is 179 Å². The van der Waals surface area contributed by atoms with Gasteiger partial charge in [-0.1, -0.05) is 31.2 Å². The number of para-hydroxylation sites is 1. The largest absolute Gasteiger partial charge is 0.508 e. The van der Waals surface area contributed by atoms with Crippen molar-refractivity contribution in [3.8, 4) is 11.5 Å². The van der Waals surface area contributed by atoms with Crippen LogP contribution in [0.2, 0.25) is 0 Å². The lowest BCUT2D eigenvalue weighted by Crippen LogP contribution is -2.46. The van der Waals surface area contributed by atoms with Crippen LogP contribution < -0.4 is 10.1 Å². The summed E-state index contributed by atoms with van der Waals surface area (Å²) in [6.07, 6.45) is 5.20. The minimum atomic E-state index is -0.341. The van der Waals surface area contributed by atoms with Gasteiger partial charge >= 0.3 is 0 Å². The summed E-state index contributed by atoms with van der Waals surface area (Å²) in [5, 5.41) is 25.0. The minimum Gasteiger partial charge on any atom is -0.508 e. The molecule has 0 saturated heterocycles. The molecule has 0 bridgehead atoms. The summed E-state index contributed by atoms with van der Waals surface area (Å²) >= 11 is 0. The summed E-state index contributed by atoms with van der Waals surface area (Å²) in [6, 6.07) is 14.2. The summed E-state index contributed by atoms with van der Waals surface area (Å²) < 4.78 is 5.44. The quantitative estimate of drug-likeness (QED) is 0.704. The van der Waals surface area contributed by atoms with Gasteiger partial charge in [-0.05, 0) is 84.6 Å². The van der Waals surface area contributed by atoms with Crippen molar-refractivity contribution in [2.24, 2.45) is 17.3 Å². The number of fused-ring (bicyclic) bond motifs is 5. The molecule has 3 aliphatic rings. The maximum Gasteiger partial charge on any atom is 0.120 e. The van der Waals surface area contributed by atoms with Gasteiger partial charge in [-0.15, -0.1) is 0 Å². The van der Waals surface area contributed by atoms with E-state index in [9.17, 15) is 10.2 Å². The highest BCUT2D eigenvalue weighted by Gasteiger charge is 2.57. The number of rotatable bonds is 4. The van der Waals surface area contributed by atoms with Gasteiger partial charge in [0.25, 0.3) is 0 Å². The van der Waals surface area contributed by atoms with E-state index < -0.39 is 0 Å². The Kier molecular flexibility index (Phi) is 5.03. The van der Waals surface area contributed by atoms with E-state index in [1.54, 1.807) is 13.2 Å². The summed E-state index contributed by atoms with van der Waals surface area (Å²) in [5.41, 5.74) is 3.82. The van der Waals surface area contributed by atoms with Crippen molar-refractivity contribution in [2.45, 2.75) is 63.6 Å². The minimum absolute atomic E-state index is 0.0263. The van der Waals surface area contributed by atoms with Crippen LogP contribution in [0.1, 0.15) is 55.2 Å². The molecule has 160 valence electrons. The molecule has 3 N–H and O–H groups in total. The fourth-order valence-electron chi connectivity index (χ4n) is 6.80. The third kappa shape index (κ3) is 3.12. The Hall–Kier alpha value is -2.04. The van der Waals surface area contributed by atoms with Crippen molar-refractivity contribution >= 4 is 0 Å². The van der Waals surface area contributed by atoms with Gasteiger partial charge in [0.05, 0.1) is 13.2 Å². The van der Waals surface area contributed by atoms with Crippen LogP contribution in [0.15, 0.2) is 42.5 Å². The van der Waals surface area contributed by atoms with Crippen LogP contribution in [-0.2, 0) is 13.0 Å². The van der Waals surface area contributed by atoms with E-state index in [2.05, 4.69) is 30.4 Å². The van der Waals surface area contributed by atoms with E-state index >= 15 is 0 Å². The fourth-order valence-corrected chi connectivity index (χ4v) is 6.80. The van der Waals surface area contributed by atoms with Crippen molar-refractivity contribution in [3.63, 3.8) is 0 Å². The maximum absolute atomic E-state index is 11.3. The maximum atomic E-state index is 11.3. The predicted molar refractivity (Wildman–Crippen MR) is 118 cm³/mol. The van der Waals surface area contributed by atoms with Crippen LogP contribution in [0.4, 0.5) is 0 Å². The number of ether oxygens (including phenoxy) is 1. The number of nitrogens with one attached hydrogen (secondary N) is 1. The topological polar surface area (TPSA) is 61.7 Å². The first-order chi connectivity index (χ1) is 14.5. The van der Waals surface area contributed by atoms with Crippen LogP contribution in [0, 0.1) is 17.3 Å². The molecule has 2 aromatic carbocycles. The van der Waals surface area contributed by atoms with Crippen LogP contribution >= 0.6 is 0 Å². The van der Waals surface area contributed by atoms with Crippen molar-refractivity contribution in [1.29, 1.82) is 0 Å². The molecule has 0 amide bonds. The molecule has 0 unspecified atom stereocenters. The van der Waals surface area contributed by atoms with E-state index in [-0.39, 0.29) is 17.6 Å². The van der Waals surface area contributed by atoms with Crippen LogP contribution in [0.5, 0.6) is 11.5 Å². The number of methoxy groups -OCH3 is 1. The zero-order valence-corrected chi connectivity index (χ0v) is 18.0. The first kappa shape index (κ1) is 19.9. The highest BCUT2D eigenvalue weighted by Crippen LogP contribution is 2.61. The molecule has 5 rings (SSSR count). The molecule has 0 heterocycles. The second kappa shape index (κ2) is 7.58. The van der Waals surface area contributed by atoms with E-state index in [0.29, 0.717) is 30.0 Å². The zero-order chi connectivity index (χ0) is 20.9. The summed E-state index contributed by atoms with van der Waals surface area (Å²) in [4.78, 5) is 0. The highest BCUT2D eigenvalue weighted by molar-refractivity contribution is 5.41. The molecule has 0 aliphatic heterocycles. The van der Waals surface area contributed by atoms with Crippen molar-refractivity contribution in [1.82, 2.24) is 5.32 Å². The average Bonchev–Trinajstić information content (AvgIpc) is 3.03. The number of hydrogen-bond donors (Lipinski definition) is 3. The Morgan fingerprint density at radius 1 is 1.17 bits per heavy atom. The standard InChI is InChI=1S/C26H33NO3/c1-26-12-11-20-19-10-8-18(30-2)13-16(19)7-9-21(20)22(26)14-23(25(26)29)27-15-17-5-3-4-6-24(17)28/h3-6,8,10,13,20-23,25,27-29H,7,9,11-12,14-15H2,1-2H3/t20-,21-,22+,23-,25+,26-/m1/s1. The van der Waals surface area contributed by atoms with E-state index in [0.717, 1.165) is 37.0 Å². The monoisotopic (exact) mass is 407 g/mol. The van der Waals surface area contributed by atoms with Crippen LogP contribution in [0.3, 0.4) is 0 Å². The number of phenols is 1. The Bertz CT molecular complexity index is 928. The molecule has 3 aliphatic carbocycles. The number of phenolic OH excluding ortho intramolecular Hbond substituents is 1. The molecule has 2 aromatic rings. The van der Waals surface area contributed by atoms with Gasteiger partial charge in [-0.2, -0.15) is 0 Å². The van der Waals surface area contributed by atoms with Crippen LogP contribution in [0.25, 0.3) is 0 Å². The van der Waals surface area contributed by atoms with Crippen molar-refractivity contribution in [2.75, 3.05) is 7.11 Å². The Balaban J connectivity index is 1.35. The number of aryl methyl sites for hydroxylation is 1. The molecule has 0 spiro atoms. The second-order valence-electron chi connectivity index (χ2n) is 9.82. The lowest BCUT2D eigenvalue weighted by atomic mass is 9.55. The molecular formula is C26H33NO3. The Morgan fingerprint density at radius 2 is 2.00 bits per heavy atom. The number of benzene rings is 2. The van der Waals surface area contributed by atoms with Gasteiger partial charge < -0.3 is 20.3 Å². The number of aliphatic hydroxyl groups is 1. The second-order valence-corrected chi connectivity index (χ2v) is 9.82. The predicted octanol–water partition coefficient (Wildman–Crippen LogP) is 4.39. The molecule has 30 heavy (non-hydrogen) atoms. The highest BCUT2D eigenvalue weighted by atomic mass is 16.5. The fraction of sp³-hybridized carbons (Fsp3) is 0.538. The molecule has 6 atom stereocenters. The van der Waals surface area contributed by atoms with E-state index in [1.807, 2.05) is 18.2 Å². The molecular weight excluding hydrogens is 374 g/mol. The van der Waals surface area contributed by atoms with Gasteiger partial charge in [0.15, 0.2) is 0 Å². The average molecular weight is 408 g/mol. The normalized spacial score (nSPS) is 34.7. The van der Waals surface area contributed by atoms with Crippen LogP contribution in [-0.4, -0.2) is 29.5 Å². The van der Waals surface area contributed by atoms with E-state index in [4.69, 9.17) is 4.74 Å².